The van der Waals surface area contributed by atoms with E-state index in [1.54, 1.807) is 0 Å². The minimum absolute atomic E-state index is 0.121. The lowest BCUT2D eigenvalue weighted by Crippen LogP contribution is -2.49. The van der Waals surface area contributed by atoms with Crippen LogP contribution in [-0.2, 0) is 20.8 Å². The molecular weight excluding hydrogens is 471 g/mol. The van der Waals surface area contributed by atoms with E-state index in [4.69, 9.17) is 0 Å². The molecule has 0 saturated carbocycles. The molecule has 1 amide bonds. The first-order chi connectivity index (χ1) is 15.9. The first-order valence-electron chi connectivity index (χ1n) is 11.1. The van der Waals surface area contributed by atoms with Crippen LogP contribution >= 0.6 is 0 Å². The number of nitrogens with one attached hydrogen (secondary N) is 1. The maximum absolute atomic E-state index is 12.7. The van der Waals surface area contributed by atoms with Crippen molar-refractivity contribution in [3.8, 4) is 0 Å². The molecule has 1 aromatic heterocycles. The van der Waals surface area contributed by atoms with Crippen molar-refractivity contribution in [2.75, 3.05) is 54.4 Å². The number of rotatable bonds is 5. The summed E-state index contributed by atoms with van der Waals surface area (Å²) in [5.74, 6) is 0.0326. The predicted molar refractivity (Wildman–Crippen MR) is 123 cm³/mol. The summed E-state index contributed by atoms with van der Waals surface area (Å²) in [5.41, 5.74) is 2.39. The Hall–Kier alpha value is -2.60. The van der Waals surface area contributed by atoms with Gasteiger partial charge in [-0.1, -0.05) is 0 Å². The van der Waals surface area contributed by atoms with Crippen molar-refractivity contribution in [1.29, 1.82) is 0 Å². The molecule has 0 radical (unpaired) electrons. The standard InChI is InChI=1S/C22H28F3N5O3S/c1-15-21(16(2)30(27-15)19-7-12-34(32,33)14-19)29-10-8-28(9-11-29)13-20(31)26-18-5-3-17(4-6-18)22(23,24)25/h3-6,19H,7-14H2,1-2H3,(H,26,31). The predicted octanol–water partition coefficient (Wildman–Crippen LogP) is 2.64. The molecule has 186 valence electrons. The third-order valence-corrected chi connectivity index (χ3v) is 8.14. The van der Waals surface area contributed by atoms with E-state index in [-0.39, 0.29) is 30.0 Å². The Bertz CT molecular complexity index is 1150. The van der Waals surface area contributed by atoms with Crippen LogP contribution in [0.1, 0.15) is 29.4 Å². The third kappa shape index (κ3) is 5.38. The molecule has 1 atom stereocenters. The lowest BCUT2D eigenvalue weighted by Gasteiger charge is -2.36. The summed E-state index contributed by atoms with van der Waals surface area (Å²) in [6.07, 6.45) is -3.84. The van der Waals surface area contributed by atoms with E-state index in [2.05, 4.69) is 15.3 Å². The van der Waals surface area contributed by atoms with Crippen LogP contribution in [0.25, 0.3) is 0 Å². The molecule has 1 aromatic carbocycles. The highest BCUT2D eigenvalue weighted by molar-refractivity contribution is 7.91. The zero-order valence-electron chi connectivity index (χ0n) is 19.1. The lowest BCUT2D eigenvalue weighted by atomic mass is 10.2. The van der Waals surface area contributed by atoms with Gasteiger partial charge in [-0.05, 0) is 44.5 Å². The van der Waals surface area contributed by atoms with Gasteiger partial charge in [-0.25, -0.2) is 8.42 Å². The van der Waals surface area contributed by atoms with Gasteiger partial charge in [0.15, 0.2) is 9.84 Å². The Morgan fingerprint density at radius 1 is 1.12 bits per heavy atom. The number of anilines is 2. The normalized spacial score (nSPS) is 21.1. The Morgan fingerprint density at radius 3 is 2.32 bits per heavy atom. The Labute approximate surface area is 196 Å². The largest absolute Gasteiger partial charge is 0.416 e. The minimum atomic E-state index is -4.41. The Morgan fingerprint density at radius 2 is 1.76 bits per heavy atom. The first kappa shape index (κ1) is 24.5. The number of sulfone groups is 1. The van der Waals surface area contributed by atoms with Crippen LogP contribution in [0.15, 0.2) is 24.3 Å². The SMILES string of the molecule is Cc1nn(C2CCS(=O)(=O)C2)c(C)c1N1CCN(CC(=O)Nc2ccc(C(F)(F)F)cc2)CC1. The van der Waals surface area contributed by atoms with Crippen molar-refractivity contribution >= 4 is 27.1 Å². The Balaban J connectivity index is 1.32. The summed E-state index contributed by atoms with van der Waals surface area (Å²) in [6.45, 7) is 6.68. The number of hydrogen-bond acceptors (Lipinski definition) is 6. The molecule has 4 rings (SSSR count). The van der Waals surface area contributed by atoms with Crippen LogP contribution in [0.5, 0.6) is 0 Å². The summed E-state index contributed by atoms with van der Waals surface area (Å²) in [7, 11) is -3.01. The van der Waals surface area contributed by atoms with Crippen molar-refractivity contribution in [2.24, 2.45) is 0 Å². The van der Waals surface area contributed by atoms with Gasteiger partial charge in [-0.15, -0.1) is 0 Å². The lowest BCUT2D eigenvalue weighted by molar-refractivity contribution is -0.137. The van der Waals surface area contributed by atoms with Gasteiger partial charge in [-0.3, -0.25) is 14.4 Å². The quantitative estimate of drug-likeness (QED) is 0.681. The highest BCUT2D eigenvalue weighted by Crippen LogP contribution is 2.32. The fraction of sp³-hybridized carbons (Fsp3) is 0.545. The molecule has 34 heavy (non-hydrogen) atoms. The molecule has 2 aliphatic heterocycles. The molecule has 2 fully saturated rings. The summed E-state index contributed by atoms with van der Waals surface area (Å²) < 4.78 is 63.6. The number of alkyl halides is 3. The van der Waals surface area contributed by atoms with Crippen molar-refractivity contribution in [3.05, 3.63) is 41.2 Å². The highest BCUT2D eigenvalue weighted by Gasteiger charge is 2.33. The van der Waals surface area contributed by atoms with Crippen LogP contribution < -0.4 is 10.2 Å². The Kier molecular flexibility index (Phi) is 6.65. The summed E-state index contributed by atoms with van der Waals surface area (Å²) >= 11 is 0. The monoisotopic (exact) mass is 499 g/mol. The van der Waals surface area contributed by atoms with Gasteiger partial charge >= 0.3 is 6.18 Å². The third-order valence-electron chi connectivity index (χ3n) is 6.39. The number of piperazine rings is 1. The van der Waals surface area contributed by atoms with Gasteiger partial charge in [0.25, 0.3) is 0 Å². The fourth-order valence-electron chi connectivity index (χ4n) is 4.71. The smallest absolute Gasteiger partial charge is 0.366 e. The van der Waals surface area contributed by atoms with E-state index >= 15 is 0 Å². The van der Waals surface area contributed by atoms with Crippen molar-refractivity contribution in [3.63, 3.8) is 0 Å². The number of hydrogen-bond donors (Lipinski definition) is 1. The van der Waals surface area contributed by atoms with Crippen molar-refractivity contribution < 1.29 is 26.4 Å². The van der Waals surface area contributed by atoms with Crippen molar-refractivity contribution in [2.45, 2.75) is 32.5 Å². The number of aromatic nitrogens is 2. The first-order valence-corrected chi connectivity index (χ1v) is 13.0. The molecule has 2 saturated heterocycles. The molecule has 12 heteroatoms. The van der Waals surface area contributed by atoms with Gasteiger partial charge in [0, 0.05) is 31.9 Å². The number of aryl methyl sites for hydroxylation is 1. The van der Waals surface area contributed by atoms with Gasteiger partial charge in [0.2, 0.25) is 5.91 Å². The molecule has 0 bridgehead atoms. The van der Waals surface area contributed by atoms with Crippen LogP contribution in [0.4, 0.5) is 24.5 Å². The molecular formula is C22H28F3N5O3S. The van der Waals surface area contributed by atoms with E-state index in [0.29, 0.717) is 38.3 Å². The van der Waals surface area contributed by atoms with Crippen LogP contribution in [0.3, 0.4) is 0 Å². The zero-order valence-corrected chi connectivity index (χ0v) is 19.9. The molecule has 8 nitrogen and oxygen atoms in total. The van der Waals surface area contributed by atoms with Gasteiger partial charge < -0.3 is 10.2 Å². The van der Waals surface area contributed by atoms with E-state index in [9.17, 15) is 26.4 Å². The molecule has 2 aromatic rings. The van der Waals surface area contributed by atoms with E-state index in [1.807, 2.05) is 23.4 Å². The van der Waals surface area contributed by atoms with E-state index in [1.165, 1.54) is 12.1 Å². The molecule has 0 spiro atoms. The van der Waals surface area contributed by atoms with Gasteiger partial charge in [0.1, 0.15) is 0 Å². The van der Waals surface area contributed by atoms with Crippen LogP contribution in [0, 0.1) is 13.8 Å². The zero-order chi connectivity index (χ0) is 24.7. The molecule has 0 aliphatic carbocycles. The number of benzene rings is 1. The average molecular weight is 500 g/mol. The van der Waals surface area contributed by atoms with Crippen LogP contribution in [0.2, 0.25) is 0 Å². The molecule has 3 heterocycles. The molecule has 1 unspecified atom stereocenters. The average Bonchev–Trinajstić information content (AvgIpc) is 3.26. The maximum Gasteiger partial charge on any atom is 0.416 e. The number of carbonyl (C=O) groups excluding carboxylic acids is 1. The fourth-order valence-corrected chi connectivity index (χ4v) is 6.40. The highest BCUT2D eigenvalue weighted by atomic mass is 32.2. The van der Waals surface area contributed by atoms with Crippen LogP contribution in [-0.4, -0.2) is 73.2 Å². The second-order valence-electron chi connectivity index (χ2n) is 8.91. The van der Waals surface area contributed by atoms with Crippen molar-refractivity contribution in [1.82, 2.24) is 14.7 Å². The topological polar surface area (TPSA) is 87.5 Å². The molecule has 1 N–H and O–H groups in total. The summed E-state index contributed by atoms with van der Waals surface area (Å²) in [6, 6.07) is 4.25. The van der Waals surface area contributed by atoms with Gasteiger partial charge in [0.05, 0.1) is 46.7 Å². The maximum atomic E-state index is 12.7. The number of amides is 1. The van der Waals surface area contributed by atoms with Gasteiger partial charge in [-0.2, -0.15) is 18.3 Å². The number of nitrogens with zero attached hydrogens (tertiary/aromatic N) is 4. The van der Waals surface area contributed by atoms with E-state index in [0.717, 1.165) is 29.2 Å². The number of halogens is 3. The minimum Gasteiger partial charge on any atom is -0.366 e. The number of carbonyl (C=O) groups is 1. The molecule has 2 aliphatic rings. The summed E-state index contributed by atoms with van der Waals surface area (Å²) in [5, 5.41) is 7.28. The second kappa shape index (κ2) is 9.21. The second-order valence-corrected chi connectivity index (χ2v) is 11.1. The summed E-state index contributed by atoms with van der Waals surface area (Å²) in [4.78, 5) is 16.6. The van der Waals surface area contributed by atoms with E-state index < -0.39 is 21.6 Å².